The Labute approximate surface area is 386 Å². The van der Waals surface area contributed by atoms with Crippen LogP contribution in [0.25, 0.3) is 22.4 Å². The van der Waals surface area contributed by atoms with Crippen LogP contribution in [0.1, 0.15) is 118 Å². The average Bonchev–Trinajstić information content (AvgIpc) is 3.27. The molecule has 0 spiro atoms. The second kappa shape index (κ2) is 21.9. The number of piperidine rings is 1. The van der Waals surface area contributed by atoms with E-state index < -0.39 is 54.3 Å². The molecule has 4 N–H and O–H groups in total. The minimum absolute atomic E-state index is 0.0640. The van der Waals surface area contributed by atoms with Crippen LogP contribution in [-0.2, 0) is 24.0 Å². The van der Waals surface area contributed by atoms with E-state index in [1.165, 1.54) is 10.6 Å². The first kappa shape index (κ1) is 48.6. The Morgan fingerprint density at radius 2 is 1.32 bits per heavy atom. The van der Waals surface area contributed by atoms with Gasteiger partial charge in [0.1, 0.15) is 12.1 Å². The minimum atomic E-state index is -1.11. The van der Waals surface area contributed by atoms with Gasteiger partial charge in [-0.3, -0.25) is 33.8 Å². The molecule has 3 amide bonds. The molecule has 3 heterocycles. The van der Waals surface area contributed by atoms with Crippen LogP contribution >= 0.6 is 0 Å². The summed E-state index contributed by atoms with van der Waals surface area (Å²) in [4.78, 5) is 85.7. The average molecular weight is 896 g/mol. The predicted octanol–water partition coefficient (Wildman–Crippen LogP) is 8.57. The highest BCUT2D eigenvalue weighted by Crippen LogP contribution is 2.37. The molecule has 5 atom stereocenters. The molecule has 1 saturated heterocycles. The van der Waals surface area contributed by atoms with Crippen LogP contribution in [0.3, 0.4) is 0 Å². The molecule has 1 aliphatic rings. The van der Waals surface area contributed by atoms with Gasteiger partial charge in [-0.25, -0.2) is 0 Å². The van der Waals surface area contributed by atoms with E-state index in [-0.39, 0.29) is 42.1 Å². The summed E-state index contributed by atoms with van der Waals surface area (Å²) in [6.07, 6.45) is 3.92. The molecule has 5 aromatic rings. The monoisotopic (exact) mass is 895 g/mol. The van der Waals surface area contributed by atoms with Gasteiger partial charge in [-0.05, 0) is 114 Å². The number of rotatable bonds is 19. The Morgan fingerprint density at radius 3 is 1.95 bits per heavy atom. The molecule has 0 saturated carbocycles. The van der Waals surface area contributed by atoms with E-state index in [2.05, 4.69) is 15.6 Å². The molecule has 346 valence electrons. The van der Waals surface area contributed by atoms with Crippen molar-refractivity contribution < 1.29 is 34.2 Å². The maximum Gasteiger partial charge on any atom is 0.305 e. The van der Waals surface area contributed by atoms with Crippen LogP contribution in [0.2, 0.25) is 0 Å². The summed E-state index contributed by atoms with van der Waals surface area (Å²) in [6, 6.07) is 26.0. The van der Waals surface area contributed by atoms with Crippen molar-refractivity contribution in [2.24, 2.45) is 11.8 Å². The zero-order chi connectivity index (χ0) is 47.7. The third-order valence-corrected chi connectivity index (χ3v) is 12.4. The van der Waals surface area contributed by atoms with Crippen molar-refractivity contribution in [3.63, 3.8) is 0 Å². The maximum atomic E-state index is 14.3. The number of nitrogens with one attached hydrogen (secondary N) is 2. The first-order valence-electron chi connectivity index (χ1n) is 22.7. The van der Waals surface area contributed by atoms with Crippen LogP contribution < -0.4 is 16.2 Å². The number of amides is 3. The summed E-state index contributed by atoms with van der Waals surface area (Å²) in [5.74, 6) is -3.23. The summed E-state index contributed by atoms with van der Waals surface area (Å²) >= 11 is 0. The van der Waals surface area contributed by atoms with E-state index >= 15 is 0 Å². The molecular weight excluding hydrogens is 835 g/mol. The molecule has 0 radical (unpaired) electrons. The Bertz CT molecular complexity index is 2620. The van der Waals surface area contributed by atoms with Crippen LogP contribution in [0.4, 0.5) is 0 Å². The summed E-state index contributed by atoms with van der Waals surface area (Å²) in [7, 11) is 0. The lowest BCUT2D eigenvalue weighted by molar-refractivity contribution is -0.144. The van der Waals surface area contributed by atoms with Gasteiger partial charge in [0.05, 0.1) is 30.6 Å². The number of aromatic nitrogens is 2. The van der Waals surface area contributed by atoms with E-state index in [4.69, 9.17) is 0 Å². The number of nitrogens with zero attached hydrogens (tertiary/aromatic N) is 3. The van der Waals surface area contributed by atoms with Crippen molar-refractivity contribution in [1.29, 1.82) is 0 Å². The van der Waals surface area contributed by atoms with Gasteiger partial charge in [-0.15, -0.1) is 0 Å². The molecule has 1 fully saturated rings. The number of likely N-dealkylation sites (tertiary alicyclic amines) is 1. The van der Waals surface area contributed by atoms with Gasteiger partial charge in [-0.1, -0.05) is 94.4 Å². The lowest BCUT2D eigenvalue weighted by atomic mass is 9.83. The number of aliphatic carboxylic acids is 2. The number of hydrogen-bond donors (Lipinski definition) is 4. The number of hydrogen-bond acceptors (Lipinski definition) is 7. The number of carboxylic acid groups (broad SMARTS) is 2. The van der Waals surface area contributed by atoms with Gasteiger partial charge < -0.3 is 30.3 Å². The predicted molar refractivity (Wildman–Crippen MR) is 253 cm³/mol. The van der Waals surface area contributed by atoms with Gasteiger partial charge >= 0.3 is 11.9 Å². The fourth-order valence-corrected chi connectivity index (χ4v) is 9.15. The Hall–Kier alpha value is -6.89. The van der Waals surface area contributed by atoms with Crippen molar-refractivity contribution in [1.82, 2.24) is 25.1 Å². The minimum Gasteiger partial charge on any atom is -0.481 e. The fourth-order valence-electron chi connectivity index (χ4n) is 9.15. The first-order chi connectivity index (χ1) is 31.5. The fraction of sp³-hybridized carbons (Fsp3) is 0.377. The quantitative estimate of drug-likeness (QED) is 0.0630. The molecule has 2 aromatic heterocycles. The summed E-state index contributed by atoms with van der Waals surface area (Å²) < 4.78 is 1.38. The molecule has 13 nitrogen and oxygen atoms in total. The summed E-state index contributed by atoms with van der Waals surface area (Å²) in [6.45, 7) is 12.2. The van der Waals surface area contributed by atoms with Crippen molar-refractivity contribution >= 4 is 29.7 Å². The molecule has 0 aliphatic carbocycles. The lowest BCUT2D eigenvalue weighted by Crippen LogP contribution is -2.53. The van der Waals surface area contributed by atoms with Crippen LogP contribution in [-0.4, -0.2) is 66.9 Å². The number of carbonyl (C=O) groups excluding carboxylic acids is 3. The molecule has 66 heavy (non-hydrogen) atoms. The number of carbonyl (C=O) groups is 5. The molecule has 6 rings (SSSR count). The molecule has 3 aromatic carbocycles. The number of carboxylic acids is 2. The smallest absolute Gasteiger partial charge is 0.305 e. The SMILES string of the molecule is Cc1ccccc1-c1cccc([C@H](CC(=O)O)NC(=O)C(CC(C)C)N2CCC(c3cccc(-c4cc([C@H](CC(=O)O)NC(=O)C(CC(C)C)n5ccccc5=O)ccn4)c3C)CC2=O)c1. The van der Waals surface area contributed by atoms with E-state index in [9.17, 15) is 39.0 Å². The number of benzene rings is 3. The largest absolute Gasteiger partial charge is 0.481 e. The van der Waals surface area contributed by atoms with E-state index in [0.29, 0.717) is 42.6 Å². The van der Waals surface area contributed by atoms with Crippen molar-refractivity contribution in [3.8, 4) is 22.4 Å². The number of pyridine rings is 2. The normalized spacial score (nSPS) is 15.8. The van der Waals surface area contributed by atoms with E-state index in [1.54, 1.807) is 41.6 Å². The molecule has 1 aliphatic heterocycles. The highest BCUT2D eigenvalue weighted by Gasteiger charge is 2.37. The Balaban J connectivity index is 1.21. The third-order valence-electron chi connectivity index (χ3n) is 12.4. The molecule has 3 unspecified atom stereocenters. The Kier molecular flexibility index (Phi) is 16.1. The maximum absolute atomic E-state index is 14.3. The summed E-state index contributed by atoms with van der Waals surface area (Å²) in [5, 5.41) is 25.8. The van der Waals surface area contributed by atoms with Crippen molar-refractivity contribution in [2.75, 3.05) is 6.54 Å². The second-order valence-electron chi connectivity index (χ2n) is 18.3. The lowest BCUT2D eigenvalue weighted by Gasteiger charge is -2.38. The highest BCUT2D eigenvalue weighted by molar-refractivity contribution is 5.89. The molecular formula is C53H61N5O8. The topological polar surface area (TPSA) is 188 Å². The molecule has 13 heteroatoms. The zero-order valence-corrected chi connectivity index (χ0v) is 38.6. The van der Waals surface area contributed by atoms with Crippen molar-refractivity contribution in [2.45, 2.75) is 110 Å². The summed E-state index contributed by atoms with van der Waals surface area (Å²) in [5.41, 5.74) is 7.05. The van der Waals surface area contributed by atoms with Gasteiger partial charge in [0.2, 0.25) is 17.7 Å². The first-order valence-corrected chi connectivity index (χ1v) is 22.7. The van der Waals surface area contributed by atoms with Crippen molar-refractivity contribution in [3.05, 3.63) is 148 Å². The zero-order valence-electron chi connectivity index (χ0n) is 38.6. The second-order valence-corrected chi connectivity index (χ2v) is 18.3. The van der Waals surface area contributed by atoms with E-state index in [0.717, 1.165) is 33.4 Å². The van der Waals surface area contributed by atoms with E-state index in [1.807, 2.05) is 108 Å². The highest BCUT2D eigenvalue weighted by atomic mass is 16.4. The van der Waals surface area contributed by atoms with Gasteiger partial charge in [0, 0.05) is 37.0 Å². The Morgan fingerprint density at radius 1 is 0.712 bits per heavy atom. The third kappa shape index (κ3) is 12.1. The number of aryl methyl sites for hydroxylation is 1. The van der Waals surface area contributed by atoms with Gasteiger partial charge in [-0.2, -0.15) is 0 Å². The molecule has 0 bridgehead atoms. The van der Waals surface area contributed by atoms with Crippen LogP contribution in [0.5, 0.6) is 0 Å². The van der Waals surface area contributed by atoms with Crippen LogP contribution in [0, 0.1) is 25.7 Å². The van der Waals surface area contributed by atoms with Crippen LogP contribution in [0.15, 0.2) is 114 Å². The van der Waals surface area contributed by atoms with Gasteiger partial charge in [0.15, 0.2) is 0 Å². The van der Waals surface area contributed by atoms with Gasteiger partial charge in [0.25, 0.3) is 5.56 Å². The standard InChI is InChI=1S/C53H61N5O8/c1-32(2)25-46(57-23-10-9-19-48(57)59)52(65)56-44(31-51(63)64)39-20-22-54-45(28-39)42-18-12-17-41(35(42)6)37-21-24-58(49(60)29-37)47(26-33(3)4)53(66)55-43(30-50(61)62)38-15-11-14-36(27-38)40-16-8-7-13-34(40)5/h7-20,22-23,27-28,32-33,37,43-44,46-47H,21,24-26,29-31H2,1-6H3,(H,55,66)(H,56,65)(H,61,62)(H,63,64)/t37?,43-,44-,46?,47?/m0/s1.